The Morgan fingerprint density at radius 3 is 2.65 bits per heavy atom. The molecule has 0 heterocycles. The first-order valence-corrected chi connectivity index (χ1v) is 11.1. The number of aliphatic imine (C=N–C) groups is 1. The van der Waals surface area contributed by atoms with Gasteiger partial charge in [-0.1, -0.05) is 73.9 Å². The molecule has 2 N–H and O–H groups in total. The topological polar surface area (TPSA) is 47.6 Å². The largest absolute Gasteiger partial charge is 0.412 e. The molecule has 3 heteroatoms. The van der Waals surface area contributed by atoms with E-state index in [2.05, 4.69) is 70.3 Å². The van der Waals surface area contributed by atoms with Crippen LogP contribution in [-0.4, -0.2) is 11.9 Å². The minimum atomic E-state index is -0.138. The summed E-state index contributed by atoms with van der Waals surface area (Å²) in [5.41, 5.74) is 11.0. The van der Waals surface area contributed by atoms with Crippen LogP contribution in [0.5, 0.6) is 0 Å². The van der Waals surface area contributed by atoms with Crippen LogP contribution in [0, 0.1) is 12.5 Å². The molecule has 166 valence electrons. The Kier molecular flexibility index (Phi) is 12.5. The maximum absolute atomic E-state index is 6.51. The Balaban J connectivity index is 3.32. The highest BCUT2D eigenvalue weighted by Gasteiger charge is 2.16. The first kappa shape index (κ1) is 26.0. The number of terminal acetylenes is 1. The lowest BCUT2D eigenvalue weighted by atomic mass is 9.94. The van der Waals surface area contributed by atoms with Gasteiger partial charge in [-0.05, 0) is 64.2 Å². The molecule has 1 unspecified atom stereocenters. The van der Waals surface area contributed by atoms with Crippen LogP contribution in [0.4, 0.5) is 0 Å². The molecule has 0 spiro atoms. The summed E-state index contributed by atoms with van der Waals surface area (Å²) in [6.45, 7) is 10.4. The Labute approximate surface area is 189 Å². The Morgan fingerprint density at radius 1 is 1.29 bits per heavy atom. The molecule has 0 aromatic carbocycles. The lowest BCUT2D eigenvalue weighted by Crippen LogP contribution is -2.21. The number of unbranched alkanes of at least 4 members (excludes halogenated alkanes) is 1. The molecule has 3 nitrogen and oxygen atoms in total. The van der Waals surface area contributed by atoms with Crippen LogP contribution in [-0.2, 0) is 4.74 Å². The van der Waals surface area contributed by atoms with Crippen molar-refractivity contribution in [2.45, 2.75) is 72.8 Å². The molecule has 31 heavy (non-hydrogen) atoms. The first-order valence-electron chi connectivity index (χ1n) is 11.1. The second-order valence-electron chi connectivity index (χ2n) is 7.80. The lowest BCUT2D eigenvalue weighted by Gasteiger charge is -2.19. The number of hydrogen-bond acceptors (Lipinski definition) is 2. The summed E-state index contributed by atoms with van der Waals surface area (Å²) in [5.74, 6) is 1.29. The molecule has 0 fully saturated rings. The SMILES string of the molecule is C#CO/C(=C\C=C/C)C/C=C(\C)C(/N=C(N)/C(C=C(C)C)=C/CCC)C1=CCCC=C1. The molecule has 0 bridgehead atoms. The fourth-order valence-electron chi connectivity index (χ4n) is 3.13. The maximum atomic E-state index is 6.51. The van der Waals surface area contributed by atoms with Crippen molar-refractivity contribution in [1.29, 1.82) is 0 Å². The van der Waals surface area contributed by atoms with Crippen molar-refractivity contribution < 1.29 is 4.74 Å². The Bertz CT molecular complexity index is 863. The van der Waals surface area contributed by atoms with Crippen molar-refractivity contribution in [3.63, 3.8) is 0 Å². The van der Waals surface area contributed by atoms with E-state index in [1.54, 1.807) is 0 Å². The number of hydrogen-bond donors (Lipinski definition) is 1. The van der Waals surface area contributed by atoms with E-state index in [0.717, 1.165) is 42.6 Å². The van der Waals surface area contributed by atoms with Crippen molar-refractivity contribution >= 4 is 5.84 Å². The summed E-state index contributed by atoms with van der Waals surface area (Å²) >= 11 is 0. The fraction of sp³-hybridized carbons (Fsp3) is 0.393. The summed E-state index contributed by atoms with van der Waals surface area (Å²) < 4.78 is 5.31. The van der Waals surface area contributed by atoms with Crippen molar-refractivity contribution in [3.8, 4) is 12.5 Å². The van der Waals surface area contributed by atoms with Gasteiger partial charge in [-0.15, -0.1) is 0 Å². The third-order valence-corrected chi connectivity index (χ3v) is 4.72. The zero-order valence-corrected chi connectivity index (χ0v) is 19.8. The van der Waals surface area contributed by atoms with E-state index in [-0.39, 0.29) is 6.04 Å². The molecule has 1 atom stereocenters. The van der Waals surface area contributed by atoms with Gasteiger partial charge in [0.05, 0.1) is 6.04 Å². The quantitative estimate of drug-likeness (QED) is 0.0972. The molecule has 0 aromatic rings. The summed E-state index contributed by atoms with van der Waals surface area (Å²) in [6.07, 6.45) is 31.1. The van der Waals surface area contributed by atoms with Crippen LogP contribution < -0.4 is 5.73 Å². The summed E-state index contributed by atoms with van der Waals surface area (Å²) in [5, 5.41) is 0. The van der Waals surface area contributed by atoms with E-state index in [1.165, 1.54) is 11.1 Å². The van der Waals surface area contributed by atoms with Crippen LogP contribution in [0.25, 0.3) is 0 Å². The van der Waals surface area contributed by atoms with Crippen molar-refractivity contribution in [1.82, 2.24) is 0 Å². The van der Waals surface area contributed by atoms with Gasteiger partial charge in [-0.2, -0.15) is 0 Å². The van der Waals surface area contributed by atoms with Gasteiger partial charge < -0.3 is 10.5 Å². The van der Waals surface area contributed by atoms with Gasteiger partial charge in [0, 0.05) is 12.0 Å². The predicted octanol–water partition coefficient (Wildman–Crippen LogP) is 7.09. The summed E-state index contributed by atoms with van der Waals surface area (Å²) in [7, 11) is 0. The number of amidine groups is 1. The van der Waals surface area contributed by atoms with Crippen molar-refractivity contribution in [2.24, 2.45) is 10.7 Å². The smallest absolute Gasteiger partial charge is 0.126 e. The molecule has 0 aliphatic heterocycles. The lowest BCUT2D eigenvalue weighted by molar-refractivity contribution is 0.376. The van der Waals surface area contributed by atoms with Crippen molar-refractivity contribution in [3.05, 3.63) is 82.7 Å². The van der Waals surface area contributed by atoms with Gasteiger partial charge in [0.2, 0.25) is 0 Å². The molecule has 1 aliphatic carbocycles. The first-order chi connectivity index (χ1) is 14.9. The van der Waals surface area contributed by atoms with E-state index in [0.29, 0.717) is 12.3 Å². The van der Waals surface area contributed by atoms with Crippen LogP contribution >= 0.6 is 0 Å². The summed E-state index contributed by atoms with van der Waals surface area (Å²) in [4.78, 5) is 4.97. The van der Waals surface area contributed by atoms with E-state index in [9.17, 15) is 0 Å². The number of nitrogens with two attached hydrogens (primary N) is 1. The standard InChI is InChI=1S/C28H38N2O/c1-7-10-15-25(21-22(4)5)28(29)30-27(24-16-13-12-14-17-24)23(6)19-20-26(31-9-3)18-11-8-2/h3,8,11,13,15-19,21,27H,7,10,12,14,20H2,1-2,4-6H3,(H2,29,30)/b11-8-,23-19+,25-15+,26-18-. The average Bonchev–Trinajstić information content (AvgIpc) is 2.76. The van der Waals surface area contributed by atoms with Crippen LogP contribution in [0.1, 0.15) is 66.7 Å². The maximum Gasteiger partial charge on any atom is 0.126 e. The highest BCUT2D eigenvalue weighted by molar-refractivity contribution is 6.00. The van der Waals surface area contributed by atoms with Crippen LogP contribution in [0.2, 0.25) is 0 Å². The number of nitrogens with zero attached hydrogens (tertiary/aromatic N) is 1. The Hall–Kier alpha value is -2.99. The normalized spacial score (nSPS) is 16.7. The molecular formula is C28H38N2O. The monoisotopic (exact) mass is 418 g/mol. The molecular weight excluding hydrogens is 380 g/mol. The van der Waals surface area contributed by atoms with Gasteiger partial charge in [0.25, 0.3) is 0 Å². The van der Waals surface area contributed by atoms with Crippen LogP contribution in [0.3, 0.4) is 0 Å². The molecule has 1 aliphatic rings. The fourth-order valence-corrected chi connectivity index (χ4v) is 3.13. The van der Waals surface area contributed by atoms with E-state index in [1.807, 2.05) is 25.2 Å². The zero-order chi connectivity index (χ0) is 23.1. The molecule has 0 radical (unpaired) electrons. The highest BCUT2D eigenvalue weighted by atomic mass is 16.5. The third-order valence-electron chi connectivity index (χ3n) is 4.72. The third kappa shape index (κ3) is 10.0. The van der Waals surface area contributed by atoms with Gasteiger partial charge >= 0.3 is 0 Å². The van der Waals surface area contributed by atoms with E-state index in [4.69, 9.17) is 21.9 Å². The summed E-state index contributed by atoms with van der Waals surface area (Å²) in [6, 6.07) is -0.138. The second-order valence-corrected chi connectivity index (χ2v) is 7.80. The molecule has 0 aromatic heterocycles. The number of rotatable bonds is 11. The highest BCUT2D eigenvalue weighted by Crippen LogP contribution is 2.24. The Morgan fingerprint density at radius 2 is 2.06 bits per heavy atom. The number of allylic oxidation sites excluding steroid dienone is 8. The van der Waals surface area contributed by atoms with Gasteiger partial charge in [-0.3, -0.25) is 4.99 Å². The molecule has 0 saturated carbocycles. The predicted molar refractivity (Wildman–Crippen MR) is 135 cm³/mol. The van der Waals surface area contributed by atoms with E-state index >= 15 is 0 Å². The number of ether oxygens (including phenoxy) is 1. The van der Waals surface area contributed by atoms with Gasteiger partial charge in [0.15, 0.2) is 0 Å². The minimum Gasteiger partial charge on any atom is -0.412 e. The molecule has 0 amide bonds. The van der Waals surface area contributed by atoms with Gasteiger partial charge in [-0.25, -0.2) is 0 Å². The van der Waals surface area contributed by atoms with E-state index < -0.39 is 0 Å². The molecule has 1 rings (SSSR count). The zero-order valence-electron chi connectivity index (χ0n) is 19.8. The molecule has 0 saturated heterocycles. The average molecular weight is 419 g/mol. The second kappa shape index (κ2) is 14.9. The van der Waals surface area contributed by atoms with Gasteiger partial charge in [0.1, 0.15) is 17.7 Å². The van der Waals surface area contributed by atoms with Crippen molar-refractivity contribution in [2.75, 3.05) is 0 Å². The minimum absolute atomic E-state index is 0.138. The van der Waals surface area contributed by atoms with Crippen LogP contribution in [0.15, 0.2) is 87.7 Å².